The molecule has 4 nitrogen and oxygen atoms in total. The summed E-state index contributed by atoms with van der Waals surface area (Å²) >= 11 is 0. The predicted octanol–water partition coefficient (Wildman–Crippen LogP) is 3.29. The Hall–Kier alpha value is -2.62. The Morgan fingerprint density at radius 2 is 1.52 bits per heavy atom. The van der Waals surface area contributed by atoms with Gasteiger partial charge in [0, 0.05) is 11.3 Å². The Morgan fingerprint density at radius 1 is 0.952 bits per heavy atom. The molecule has 0 aliphatic rings. The Kier molecular flexibility index (Phi) is 4.72. The molecule has 21 heavy (non-hydrogen) atoms. The van der Waals surface area contributed by atoms with Crippen molar-refractivity contribution in [3.05, 3.63) is 65.2 Å². The van der Waals surface area contributed by atoms with E-state index in [2.05, 4.69) is 17.0 Å². The molecule has 0 unspecified atom stereocenters. The van der Waals surface area contributed by atoms with Crippen LogP contribution in [0.3, 0.4) is 0 Å². The molecule has 2 aromatic rings. The molecule has 2 aromatic carbocycles. The summed E-state index contributed by atoms with van der Waals surface area (Å²) in [5, 5.41) is 2.82. The van der Waals surface area contributed by atoms with Crippen molar-refractivity contribution < 1.29 is 14.3 Å². The van der Waals surface area contributed by atoms with Gasteiger partial charge in [-0.3, -0.25) is 4.79 Å². The first-order valence-electron chi connectivity index (χ1n) is 6.72. The summed E-state index contributed by atoms with van der Waals surface area (Å²) in [6.45, 7) is 2.08. The number of nitrogens with one attached hydrogen (secondary N) is 1. The molecular formula is C17H17NO3. The van der Waals surface area contributed by atoms with Crippen molar-refractivity contribution in [1.29, 1.82) is 0 Å². The summed E-state index contributed by atoms with van der Waals surface area (Å²) in [5.41, 5.74) is 2.87. The van der Waals surface area contributed by atoms with Crippen molar-refractivity contribution in [2.24, 2.45) is 0 Å². The van der Waals surface area contributed by atoms with Crippen LogP contribution in [0, 0.1) is 0 Å². The van der Waals surface area contributed by atoms with E-state index in [1.165, 1.54) is 12.7 Å². The van der Waals surface area contributed by atoms with Gasteiger partial charge in [-0.25, -0.2) is 4.79 Å². The number of anilines is 1. The molecule has 0 atom stereocenters. The maximum absolute atomic E-state index is 12.1. The van der Waals surface area contributed by atoms with Crippen LogP contribution in [0.4, 0.5) is 5.69 Å². The van der Waals surface area contributed by atoms with Gasteiger partial charge in [0.05, 0.1) is 12.7 Å². The normalized spacial score (nSPS) is 10.0. The first kappa shape index (κ1) is 14.8. The van der Waals surface area contributed by atoms with E-state index in [9.17, 15) is 9.59 Å². The number of carbonyl (C=O) groups excluding carboxylic acids is 2. The van der Waals surface area contributed by atoms with Crippen molar-refractivity contribution >= 4 is 17.6 Å². The van der Waals surface area contributed by atoms with E-state index in [4.69, 9.17) is 0 Å². The summed E-state index contributed by atoms with van der Waals surface area (Å²) in [4.78, 5) is 23.4. The van der Waals surface area contributed by atoms with Crippen LogP contribution < -0.4 is 5.32 Å². The lowest BCUT2D eigenvalue weighted by molar-refractivity contribution is 0.0600. The van der Waals surface area contributed by atoms with Crippen LogP contribution in [0.25, 0.3) is 0 Å². The zero-order chi connectivity index (χ0) is 15.2. The van der Waals surface area contributed by atoms with E-state index in [1.54, 1.807) is 24.3 Å². The highest BCUT2D eigenvalue weighted by Gasteiger charge is 2.09. The summed E-state index contributed by atoms with van der Waals surface area (Å²) in [5.74, 6) is -0.632. The van der Waals surface area contributed by atoms with Gasteiger partial charge < -0.3 is 10.1 Å². The fraction of sp³-hybridized carbons (Fsp3) is 0.176. The zero-order valence-electron chi connectivity index (χ0n) is 12.1. The number of esters is 1. The second kappa shape index (κ2) is 6.70. The maximum atomic E-state index is 12.1. The van der Waals surface area contributed by atoms with Crippen LogP contribution in [0.2, 0.25) is 0 Å². The number of methoxy groups -OCH3 is 1. The molecule has 0 fully saturated rings. The second-order valence-corrected chi connectivity index (χ2v) is 4.57. The van der Waals surface area contributed by atoms with Crippen LogP contribution in [-0.4, -0.2) is 19.0 Å². The second-order valence-electron chi connectivity index (χ2n) is 4.57. The molecular weight excluding hydrogens is 266 g/mol. The minimum atomic E-state index is -0.419. The van der Waals surface area contributed by atoms with Gasteiger partial charge in [-0.15, -0.1) is 0 Å². The SMILES string of the molecule is CCc1ccc(NC(=O)c2ccc(C(=O)OC)cc2)cc1. The van der Waals surface area contributed by atoms with Gasteiger partial charge in [0.25, 0.3) is 5.91 Å². The summed E-state index contributed by atoms with van der Waals surface area (Å²) in [6, 6.07) is 14.1. The maximum Gasteiger partial charge on any atom is 0.337 e. The third-order valence-electron chi connectivity index (χ3n) is 3.19. The lowest BCUT2D eigenvalue weighted by atomic mass is 10.1. The molecule has 1 N–H and O–H groups in total. The van der Waals surface area contributed by atoms with Crippen molar-refractivity contribution in [2.45, 2.75) is 13.3 Å². The van der Waals surface area contributed by atoms with Gasteiger partial charge in [0.15, 0.2) is 0 Å². The Balaban J connectivity index is 2.07. The molecule has 0 bridgehead atoms. The first-order chi connectivity index (χ1) is 10.1. The smallest absolute Gasteiger partial charge is 0.337 e. The number of hydrogen-bond acceptors (Lipinski definition) is 3. The molecule has 0 saturated carbocycles. The number of amides is 1. The van der Waals surface area contributed by atoms with Crippen LogP contribution in [0.5, 0.6) is 0 Å². The van der Waals surface area contributed by atoms with Crippen LogP contribution in [0.1, 0.15) is 33.2 Å². The lowest BCUT2D eigenvalue weighted by Crippen LogP contribution is -2.12. The Morgan fingerprint density at radius 3 is 2.05 bits per heavy atom. The van der Waals surface area contributed by atoms with Crippen LogP contribution in [-0.2, 0) is 11.2 Å². The monoisotopic (exact) mass is 283 g/mol. The van der Waals surface area contributed by atoms with Crippen molar-refractivity contribution in [3.8, 4) is 0 Å². The number of benzene rings is 2. The Bertz CT molecular complexity index is 630. The molecule has 108 valence electrons. The number of ether oxygens (including phenoxy) is 1. The molecule has 0 aliphatic carbocycles. The number of hydrogen-bond donors (Lipinski definition) is 1. The molecule has 0 aliphatic heterocycles. The third kappa shape index (κ3) is 3.69. The minimum Gasteiger partial charge on any atom is -0.465 e. The van der Waals surface area contributed by atoms with E-state index in [0.717, 1.165) is 12.1 Å². The van der Waals surface area contributed by atoms with Gasteiger partial charge >= 0.3 is 5.97 Å². The third-order valence-corrected chi connectivity index (χ3v) is 3.19. The molecule has 0 saturated heterocycles. The molecule has 0 radical (unpaired) electrons. The van der Waals surface area contributed by atoms with E-state index in [0.29, 0.717) is 11.1 Å². The average Bonchev–Trinajstić information content (AvgIpc) is 2.55. The van der Waals surface area contributed by atoms with E-state index in [1.807, 2.05) is 24.3 Å². The minimum absolute atomic E-state index is 0.212. The predicted molar refractivity (Wildman–Crippen MR) is 81.6 cm³/mol. The molecule has 0 aromatic heterocycles. The average molecular weight is 283 g/mol. The lowest BCUT2D eigenvalue weighted by Gasteiger charge is -2.06. The first-order valence-corrected chi connectivity index (χ1v) is 6.72. The summed E-state index contributed by atoms with van der Waals surface area (Å²) < 4.78 is 4.61. The topological polar surface area (TPSA) is 55.4 Å². The molecule has 0 spiro atoms. The molecule has 4 heteroatoms. The highest BCUT2D eigenvalue weighted by atomic mass is 16.5. The number of aryl methyl sites for hydroxylation is 1. The highest BCUT2D eigenvalue weighted by Crippen LogP contribution is 2.12. The van der Waals surface area contributed by atoms with E-state index in [-0.39, 0.29) is 5.91 Å². The van der Waals surface area contributed by atoms with Crippen molar-refractivity contribution in [1.82, 2.24) is 0 Å². The summed E-state index contributed by atoms with van der Waals surface area (Å²) in [7, 11) is 1.32. The van der Waals surface area contributed by atoms with Crippen molar-refractivity contribution in [3.63, 3.8) is 0 Å². The fourth-order valence-corrected chi connectivity index (χ4v) is 1.90. The van der Waals surface area contributed by atoms with E-state index < -0.39 is 5.97 Å². The van der Waals surface area contributed by atoms with Crippen LogP contribution >= 0.6 is 0 Å². The van der Waals surface area contributed by atoms with Gasteiger partial charge in [0.1, 0.15) is 0 Å². The largest absolute Gasteiger partial charge is 0.465 e. The van der Waals surface area contributed by atoms with Gasteiger partial charge in [-0.2, -0.15) is 0 Å². The van der Waals surface area contributed by atoms with E-state index >= 15 is 0 Å². The molecule has 2 rings (SSSR count). The molecule has 1 amide bonds. The summed E-state index contributed by atoms with van der Waals surface area (Å²) in [6.07, 6.45) is 0.962. The highest BCUT2D eigenvalue weighted by molar-refractivity contribution is 6.04. The number of rotatable bonds is 4. The Labute approximate surface area is 123 Å². The van der Waals surface area contributed by atoms with Crippen molar-refractivity contribution in [2.75, 3.05) is 12.4 Å². The number of carbonyl (C=O) groups is 2. The van der Waals surface area contributed by atoms with Gasteiger partial charge in [0.2, 0.25) is 0 Å². The quantitative estimate of drug-likeness (QED) is 0.876. The standard InChI is InChI=1S/C17H17NO3/c1-3-12-4-10-15(11-5-12)18-16(19)13-6-8-14(9-7-13)17(20)21-2/h4-11H,3H2,1-2H3,(H,18,19). The van der Waals surface area contributed by atoms with Gasteiger partial charge in [-0.05, 0) is 48.4 Å². The van der Waals surface area contributed by atoms with Gasteiger partial charge in [-0.1, -0.05) is 19.1 Å². The fourth-order valence-electron chi connectivity index (χ4n) is 1.90. The zero-order valence-corrected chi connectivity index (χ0v) is 12.1. The van der Waals surface area contributed by atoms with Crippen LogP contribution in [0.15, 0.2) is 48.5 Å². The molecule has 0 heterocycles.